The van der Waals surface area contributed by atoms with E-state index in [1.165, 1.54) is 17.4 Å². The van der Waals surface area contributed by atoms with Gasteiger partial charge in [0.25, 0.3) is 0 Å². The first-order chi connectivity index (χ1) is 12.1. The summed E-state index contributed by atoms with van der Waals surface area (Å²) in [6, 6.07) is 5.21. The topological polar surface area (TPSA) is 46.4 Å². The maximum Gasteiger partial charge on any atom is 0.416 e. The number of rotatable bonds is 5. The summed E-state index contributed by atoms with van der Waals surface area (Å²) in [6.07, 6.45) is -0.592. The molecular formula is C18H18F3N3OS. The van der Waals surface area contributed by atoms with Crippen molar-refractivity contribution in [3.63, 3.8) is 0 Å². The number of thiazole rings is 1. The quantitative estimate of drug-likeness (QED) is 0.725. The predicted molar refractivity (Wildman–Crippen MR) is 94.3 cm³/mol. The third-order valence-electron chi connectivity index (χ3n) is 4.18. The number of nitrogens with one attached hydrogen (secondary N) is 1. The van der Waals surface area contributed by atoms with Crippen LogP contribution in [0.15, 0.2) is 42.0 Å². The summed E-state index contributed by atoms with van der Waals surface area (Å²) >= 11 is 1.48. The fourth-order valence-electron chi connectivity index (χ4n) is 2.63. The molecule has 1 amide bonds. The van der Waals surface area contributed by atoms with E-state index in [9.17, 15) is 18.0 Å². The van der Waals surface area contributed by atoms with Gasteiger partial charge in [0.05, 0.1) is 17.7 Å². The van der Waals surface area contributed by atoms with Gasteiger partial charge < -0.3 is 5.32 Å². The summed E-state index contributed by atoms with van der Waals surface area (Å²) in [7, 11) is 0. The minimum absolute atomic E-state index is 0.132. The van der Waals surface area contributed by atoms with Crippen molar-refractivity contribution in [1.29, 1.82) is 0 Å². The number of amides is 1. The molecule has 1 aromatic carbocycles. The van der Waals surface area contributed by atoms with Gasteiger partial charge in [-0.1, -0.05) is 32.0 Å². The first kappa shape index (κ1) is 18.4. The van der Waals surface area contributed by atoms with E-state index < -0.39 is 17.2 Å². The van der Waals surface area contributed by atoms with E-state index in [-0.39, 0.29) is 18.9 Å². The van der Waals surface area contributed by atoms with Crippen LogP contribution in [-0.4, -0.2) is 21.8 Å². The van der Waals surface area contributed by atoms with Crippen LogP contribution >= 0.6 is 11.3 Å². The number of hydrogen-bond donors (Lipinski definition) is 1. The van der Waals surface area contributed by atoms with E-state index in [0.29, 0.717) is 11.3 Å². The van der Waals surface area contributed by atoms with Crippen molar-refractivity contribution >= 4 is 22.2 Å². The van der Waals surface area contributed by atoms with Crippen LogP contribution in [0.1, 0.15) is 30.7 Å². The predicted octanol–water partition coefficient (Wildman–Crippen LogP) is 4.05. The number of benzene rings is 1. The third kappa shape index (κ3) is 4.07. The second-order valence-electron chi connectivity index (χ2n) is 6.74. The fourth-order valence-corrected chi connectivity index (χ4v) is 3.35. The molecule has 3 aromatic rings. The molecule has 0 unspecified atom stereocenters. The first-order valence-corrected chi connectivity index (χ1v) is 8.89. The van der Waals surface area contributed by atoms with E-state index >= 15 is 0 Å². The maximum atomic E-state index is 12.9. The van der Waals surface area contributed by atoms with Crippen molar-refractivity contribution in [3.05, 3.63) is 58.9 Å². The summed E-state index contributed by atoms with van der Waals surface area (Å²) in [5.41, 5.74) is -0.139. The Bertz CT molecular complexity index is 899. The molecule has 2 aromatic heterocycles. The van der Waals surface area contributed by atoms with Crippen molar-refractivity contribution in [3.8, 4) is 0 Å². The molecule has 1 N–H and O–H groups in total. The molecule has 0 bridgehead atoms. The van der Waals surface area contributed by atoms with Gasteiger partial charge in [0.15, 0.2) is 4.96 Å². The zero-order valence-corrected chi connectivity index (χ0v) is 15.1. The van der Waals surface area contributed by atoms with E-state index in [1.807, 2.05) is 16.0 Å². The highest BCUT2D eigenvalue weighted by Crippen LogP contribution is 2.32. The van der Waals surface area contributed by atoms with Crippen molar-refractivity contribution in [2.24, 2.45) is 0 Å². The third-order valence-corrected chi connectivity index (χ3v) is 4.95. The van der Waals surface area contributed by atoms with E-state index in [0.717, 1.165) is 17.1 Å². The van der Waals surface area contributed by atoms with E-state index in [4.69, 9.17) is 0 Å². The van der Waals surface area contributed by atoms with Crippen LogP contribution < -0.4 is 5.32 Å². The fraction of sp³-hybridized carbons (Fsp3) is 0.333. The number of nitrogens with zero attached hydrogens (tertiary/aromatic N) is 2. The number of carbonyl (C=O) groups is 1. The molecule has 0 saturated carbocycles. The molecule has 4 nitrogen and oxygen atoms in total. The van der Waals surface area contributed by atoms with Gasteiger partial charge in [-0.3, -0.25) is 9.20 Å². The summed E-state index contributed by atoms with van der Waals surface area (Å²) in [5.74, 6) is -0.212. The van der Waals surface area contributed by atoms with E-state index in [1.54, 1.807) is 26.1 Å². The Morgan fingerprint density at radius 3 is 2.69 bits per heavy atom. The number of imidazole rings is 1. The lowest BCUT2D eigenvalue weighted by Gasteiger charge is -2.26. The van der Waals surface area contributed by atoms with Gasteiger partial charge in [0.2, 0.25) is 5.91 Å². The number of carbonyl (C=O) groups excluding carboxylic acids is 1. The van der Waals surface area contributed by atoms with Crippen molar-refractivity contribution < 1.29 is 18.0 Å². The van der Waals surface area contributed by atoms with E-state index in [2.05, 4.69) is 10.3 Å². The van der Waals surface area contributed by atoms with Gasteiger partial charge in [-0.15, -0.1) is 11.3 Å². The monoisotopic (exact) mass is 381 g/mol. The average molecular weight is 381 g/mol. The lowest BCUT2D eigenvalue weighted by molar-refractivity contribution is -0.137. The molecule has 0 aliphatic heterocycles. The van der Waals surface area contributed by atoms with Crippen molar-refractivity contribution in [1.82, 2.24) is 14.7 Å². The van der Waals surface area contributed by atoms with Crippen LogP contribution in [0.25, 0.3) is 4.96 Å². The molecule has 26 heavy (non-hydrogen) atoms. The molecule has 8 heteroatoms. The van der Waals surface area contributed by atoms with Crippen LogP contribution in [0.2, 0.25) is 0 Å². The molecule has 0 atom stereocenters. The second kappa shape index (κ2) is 6.75. The second-order valence-corrected chi connectivity index (χ2v) is 7.61. The number of hydrogen-bond acceptors (Lipinski definition) is 3. The highest BCUT2D eigenvalue weighted by Gasteiger charge is 2.32. The minimum Gasteiger partial charge on any atom is -0.355 e. The maximum absolute atomic E-state index is 12.9. The van der Waals surface area contributed by atoms with Crippen LogP contribution in [0, 0.1) is 0 Å². The van der Waals surface area contributed by atoms with Crippen LogP contribution in [-0.2, 0) is 22.8 Å². The van der Waals surface area contributed by atoms with Gasteiger partial charge in [-0.05, 0) is 11.6 Å². The SMILES string of the molecule is CC(C)(CNC(=O)Cc1cn2ccsc2n1)c1cccc(C(F)(F)F)c1. The van der Waals surface area contributed by atoms with Gasteiger partial charge >= 0.3 is 6.18 Å². The molecule has 138 valence electrons. The zero-order chi connectivity index (χ0) is 18.9. The lowest BCUT2D eigenvalue weighted by atomic mass is 9.83. The number of fused-ring (bicyclic) bond motifs is 1. The molecular weight excluding hydrogens is 363 g/mol. The highest BCUT2D eigenvalue weighted by atomic mass is 32.1. The normalized spacial score (nSPS) is 12.5. The number of alkyl halides is 3. The summed E-state index contributed by atoms with van der Waals surface area (Å²) in [4.78, 5) is 17.3. The van der Waals surface area contributed by atoms with Gasteiger partial charge in [-0.2, -0.15) is 13.2 Å². The van der Waals surface area contributed by atoms with Crippen LogP contribution in [0.5, 0.6) is 0 Å². The number of aromatic nitrogens is 2. The lowest BCUT2D eigenvalue weighted by Crippen LogP contribution is -2.37. The van der Waals surface area contributed by atoms with Crippen LogP contribution in [0.3, 0.4) is 0 Å². The molecule has 0 fully saturated rings. The van der Waals surface area contributed by atoms with Gasteiger partial charge in [-0.25, -0.2) is 4.98 Å². The zero-order valence-electron chi connectivity index (χ0n) is 14.3. The summed E-state index contributed by atoms with van der Waals surface area (Å²) in [6.45, 7) is 3.83. The van der Waals surface area contributed by atoms with Crippen molar-refractivity contribution in [2.75, 3.05) is 6.54 Å². The molecule has 3 rings (SSSR count). The Morgan fingerprint density at radius 1 is 1.27 bits per heavy atom. The van der Waals surface area contributed by atoms with Gasteiger partial charge in [0.1, 0.15) is 0 Å². The smallest absolute Gasteiger partial charge is 0.355 e. The Labute approximate surface area is 152 Å². The largest absolute Gasteiger partial charge is 0.416 e. The Balaban J connectivity index is 1.64. The van der Waals surface area contributed by atoms with Crippen molar-refractivity contribution in [2.45, 2.75) is 31.9 Å². The Kier molecular flexibility index (Phi) is 4.79. The first-order valence-electron chi connectivity index (χ1n) is 8.01. The molecule has 0 spiro atoms. The molecule has 0 radical (unpaired) electrons. The summed E-state index contributed by atoms with van der Waals surface area (Å²) < 4.78 is 40.5. The minimum atomic E-state index is -4.39. The molecule has 2 heterocycles. The standard InChI is InChI=1S/C18H18F3N3OS/c1-17(2,12-4-3-5-13(8-12)18(19,20)21)11-22-15(25)9-14-10-24-6-7-26-16(24)23-14/h3-8,10H,9,11H2,1-2H3,(H,22,25). The Hall–Kier alpha value is -2.35. The number of halogens is 3. The Morgan fingerprint density at radius 2 is 2.00 bits per heavy atom. The van der Waals surface area contributed by atoms with Crippen LogP contribution in [0.4, 0.5) is 13.2 Å². The average Bonchev–Trinajstić information content (AvgIpc) is 3.14. The van der Waals surface area contributed by atoms with Gasteiger partial charge in [0, 0.05) is 29.7 Å². The molecule has 0 aliphatic carbocycles. The highest BCUT2D eigenvalue weighted by molar-refractivity contribution is 7.15. The molecule has 0 aliphatic rings. The summed E-state index contributed by atoms with van der Waals surface area (Å²) in [5, 5.41) is 4.71. The molecule has 0 saturated heterocycles.